The summed E-state index contributed by atoms with van der Waals surface area (Å²) in [5, 5.41) is 4.15. The Kier molecular flexibility index (Phi) is 7.28. The molecule has 1 saturated carbocycles. The fourth-order valence-electron chi connectivity index (χ4n) is 2.79. The van der Waals surface area contributed by atoms with Crippen molar-refractivity contribution in [2.75, 3.05) is 0 Å². The highest BCUT2D eigenvalue weighted by atomic mass is 35.5. The van der Waals surface area contributed by atoms with Crippen molar-refractivity contribution in [3.8, 4) is 0 Å². The minimum Gasteiger partial charge on any atom is -0.350 e. The van der Waals surface area contributed by atoms with E-state index >= 15 is 0 Å². The van der Waals surface area contributed by atoms with Gasteiger partial charge in [-0.25, -0.2) is 0 Å². The van der Waals surface area contributed by atoms with E-state index in [1.807, 2.05) is 13.0 Å². The maximum atomic E-state index is 12.1. The Balaban J connectivity index is 0.00000220. The number of nitrogens with one attached hydrogen (secondary N) is 1. The van der Waals surface area contributed by atoms with Crippen LogP contribution in [-0.2, 0) is 4.79 Å². The summed E-state index contributed by atoms with van der Waals surface area (Å²) in [5.74, 6) is 0.341. The van der Waals surface area contributed by atoms with Gasteiger partial charge in [0.25, 0.3) is 0 Å². The van der Waals surface area contributed by atoms with Crippen LogP contribution in [0.4, 0.5) is 0 Å². The lowest BCUT2D eigenvalue weighted by Gasteiger charge is -2.19. The van der Waals surface area contributed by atoms with Crippen LogP contribution in [0.25, 0.3) is 0 Å². The summed E-state index contributed by atoms with van der Waals surface area (Å²) in [5.41, 5.74) is 6.87. The van der Waals surface area contributed by atoms with Crippen LogP contribution < -0.4 is 11.1 Å². The first kappa shape index (κ1) is 18.6. The Hall–Kier alpha value is -0.480. The third-order valence-electron chi connectivity index (χ3n) is 3.97. The van der Waals surface area contributed by atoms with Crippen molar-refractivity contribution in [3.05, 3.63) is 33.8 Å². The van der Waals surface area contributed by atoms with Crippen molar-refractivity contribution >= 4 is 41.5 Å². The summed E-state index contributed by atoms with van der Waals surface area (Å²) in [6.45, 7) is 1.92. The van der Waals surface area contributed by atoms with Crippen molar-refractivity contribution in [2.45, 2.75) is 44.7 Å². The van der Waals surface area contributed by atoms with Crippen LogP contribution in [0.15, 0.2) is 18.2 Å². The average Bonchev–Trinajstić information content (AvgIpc) is 2.74. The molecule has 0 spiro atoms. The van der Waals surface area contributed by atoms with Gasteiger partial charge >= 0.3 is 0 Å². The molecule has 0 aromatic heterocycles. The number of rotatable bonds is 4. The highest BCUT2D eigenvalue weighted by Crippen LogP contribution is 2.28. The summed E-state index contributed by atoms with van der Waals surface area (Å²) in [6, 6.07) is 5.34. The van der Waals surface area contributed by atoms with Crippen molar-refractivity contribution in [1.82, 2.24) is 5.32 Å². The zero-order valence-corrected chi connectivity index (χ0v) is 14.3. The maximum Gasteiger partial charge on any atom is 0.220 e. The molecule has 0 radical (unpaired) electrons. The molecule has 6 heteroatoms. The SMILES string of the molecule is CC(NC(=O)C[C@@H]1CCC[C@H]1N)c1ccc(Cl)cc1Cl.Cl. The van der Waals surface area contributed by atoms with Crippen LogP contribution in [0.5, 0.6) is 0 Å². The molecule has 0 aliphatic heterocycles. The largest absolute Gasteiger partial charge is 0.350 e. The van der Waals surface area contributed by atoms with E-state index in [-0.39, 0.29) is 30.4 Å². The topological polar surface area (TPSA) is 55.1 Å². The maximum absolute atomic E-state index is 12.1. The molecule has 0 saturated heterocycles. The molecule has 1 unspecified atom stereocenters. The Morgan fingerprint density at radius 3 is 2.71 bits per heavy atom. The number of carbonyl (C=O) groups excluding carboxylic acids is 1. The number of hydrogen-bond donors (Lipinski definition) is 2. The Labute approximate surface area is 142 Å². The summed E-state index contributed by atoms with van der Waals surface area (Å²) in [6.07, 6.45) is 3.69. The fraction of sp³-hybridized carbons (Fsp3) is 0.533. The predicted molar refractivity (Wildman–Crippen MR) is 90.2 cm³/mol. The molecule has 3 N–H and O–H groups in total. The molecule has 1 aliphatic rings. The van der Waals surface area contributed by atoms with E-state index in [0.29, 0.717) is 22.4 Å². The van der Waals surface area contributed by atoms with Gasteiger partial charge in [0, 0.05) is 22.5 Å². The first-order valence-corrected chi connectivity index (χ1v) is 7.73. The van der Waals surface area contributed by atoms with Gasteiger partial charge < -0.3 is 11.1 Å². The normalized spacial score (nSPS) is 22.5. The summed E-state index contributed by atoms with van der Waals surface area (Å²) in [7, 11) is 0. The first-order chi connectivity index (χ1) is 9.47. The molecule has 3 nitrogen and oxygen atoms in total. The van der Waals surface area contributed by atoms with Gasteiger partial charge in [-0.15, -0.1) is 12.4 Å². The monoisotopic (exact) mass is 350 g/mol. The number of carbonyl (C=O) groups is 1. The van der Waals surface area contributed by atoms with Gasteiger partial charge in [0.15, 0.2) is 0 Å². The molecular formula is C15H21Cl3N2O. The summed E-state index contributed by atoms with van der Waals surface area (Å²) >= 11 is 12.0. The van der Waals surface area contributed by atoms with E-state index in [2.05, 4.69) is 5.32 Å². The van der Waals surface area contributed by atoms with Gasteiger partial charge in [-0.3, -0.25) is 4.79 Å². The average molecular weight is 352 g/mol. The van der Waals surface area contributed by atoms with E-state index in [0.717, 1.165) is 24.8 Å². The van der Waals surface area contributed by atoms with Gasteiger partial charge in [0.05, 0.1) is 6.04 Å². The van der Waals surface area contributed by atoms with Gasteiger partial charge in [0.2, 0.25) is 5.91 Å². The van der Waals surface area contributed by atoms with Crippen LogP contribution >= 0.6 is 35.6 Å². The van der Waals surface area contributed by atoms with Crippen LogP contribution in [-0.4, -0.2) is 11.9 Å². The zero-order valence-electron chi connectivity index (χ0n) is 11.9. The second-order valence-electron chi connectivity index (χ2n) is 5.51. The lowest BCUT2D eigenvalue weighted by Crippen LogP contribution is -2.33. The van der Waals surface area contributed by atoms with Crippen molar-refractivity contribution in [1.29, 1.82) is 0 Å². The molecule has 3 atom stereocenters. The third kappa shape index (κ3) is 5.03. The lowest BCUT2D eigenvalue weighted by molar-refractivity contribution is -0.122. The first-order valence-electron chi connectivity index (χ1n) is 6.97. The molecule has 1 aromatic rings. The highest BCUT2D eigenvalue weighted by Gasteiger charge is 2.26. The van der Waals surface area contributed by atoms with Gasteiger partial charge in [0.1, 0.15) is 0 Å². The van der Waals surface area contributed by atoms with E-state index < -0.39 is 0 Å². The summed E-state index contributed by atoms with van der Waals surface area (Å²) in [4.78, 5) is 12.1. The lowest BCUT2D eigenvalue weighted by atomic mass is 9.99. The molecule has 1 aliphatic carbocycles. The number of benzene rings is 1. The van der Waals surface area contributed by atoms with E-state index in [1.165, 1.54) is 0 Å². The predicted octanol–water partition coefficient (Wildman–Crippen LogP) is 4.11. The fourth-order valence-corrected chi connectivity index (χ4v) is 3.36. The number of nitrogens with two attached hydrogens (primary N) is 1. The molecule has 2 rings (SSSR count). The molecule has 118 valence electrons. The Bertz CT molecular complexity index is 496. The van der Waals surface area contributed by atoms with Gasteiger partial charge in [-0.05, 0) is 43.4 Å². The Morgan fingerprint density at radius 2 is 2.14 bits per heavy atom. The third-order valence-corrected chi connectivity index (χ3v) is 4.53. The molecule has 0 bridgehead atoms. The molecule has 1 fully saturated rings. The molecule has 21 heavy (non-hydrogen) atoms. The molecular weight excluding hydrogens is 331 g/mol. The van der Waals surface area contributed by atoms with Crippen LogP contribution in [0.3, 0.4) is 0 Å². The number of amides is 1. The van der Waals surface area contributed by atoms with Crippen LogP contribution in [0.2, 0.25) is 10.0 Å². The number of halogens is 3. The minimum atomic E-state index is -0.134. The van der Waals surface area contributed by atoms with Crippen molar-refractivity contribution < 1.29 is 4.79 Å². The summed E-state index contributed by atoms with van der Waals surface area (Å²) < 4.78 is 0. The minimum absolute atomic E-state index is 0. The van der Waals surface area contributed by atoms with E-state index in [9.17, 15) is 4.79 Å². The van der Waals surface area contributed by atoms with Gasteiger partial charge in [-0.2, -0.15) is 0 Å². The van der Waals surface area contributed by atoms with Crippen molar-refractivity contribution in [2.24, 2.45) is 11.7 Å². The van der Waals surface area contributed by atoms with Gasteiger partial charge in [-0.1, -0.05) is 35.7 Å². The second kappa shape index (κ2) is 8.23. The van der Waals surface area contributed by atoms with E-state index in [4.69, 9.17) is 28.9 Å². The number of hydrogen-bond acceptors (Lipinski definition) is 2. The standard InChI is InChI=1S/C15H20Cl2N2O.ClH/c1-9(12-6-5-11(16)8-13(12)17)19-15(20)7-10-3-2-4-14(10)18;/h5-6,8-10,14H,2-4,7,18H2,1H3,(H,19,20);1H/t9?,10-,14+;/m0./s1. The van der Waals surface area contributed by atoms with Crippen LogP contribution in [0.1, 0.15) is 44.2 Å². The van der Waals surface area contributed by atoms with Crippen molar-refractivity contribution in [3.63, 3.8) is 0 Å². The Morgan fingerprint density at radius 1 is 1.43 bits per heavy atom. The quantitative estimate of drug-likeness (QED) is 0.857. The highest BCUT2D eigenvalue weighted by molar-refractivity contribution is 6.35. The molecule has 0 heterocycles. The van der Waals surface area contributed by atoms with Crippen LogP contribution in [0, 0.1) is 5.92 Å². The van der Waals surface area contributed by atoms with E-state index in [1.54, 1.807) is 12.1 Å². The molecule has 1 aromatic carbocycles. The second-order valence-corrected chi connectivity index (χ2v) is 6.36. The zero-order chi connectivity index (χ0) is 14.7. The molecule has 1 amide bonds. The smallest absolute Gasteiger partial charge is 0.220 e.